The number of allylic oxidation sites excluding steroid dienone is 1. The third-order valence-corrected chi connectivity index (χ3v) is 7.14. The first-order chi connectivity index (χ1) is 17.6. The molecule has 1 fully saturated rings. The van der Waals surface area contributed by atoms with Crippen LogP contribution in [-0.2, 0) is 13.1 Å². The van der Waals surface area contributed by atoms with Crippen molar-refractivity contribution in [2.45, 2.75) is 45.3 Å². The van der Waals surface area contributed by atoms with Gasteiger partial charge in [0.05, 0.1) is 0 Å². The predicted octanol–water partition coefficient (Wildman–Crippen LogP) is 5.22. The summed E-state index contributed by atoms with van der Waals surface area (Å²) in [6, 6.07) is 14.7. The molecule has 0 aliphatic carbocycles. The second-order valence-electron chi connectivity index (χ2n) is 9.40. The predicted molar refractivity (Wildman–Crippen MR) is 149 cm³/mol. The zero-order valence-electron chi connectivity index (χ0n) is 21.1. The van der Waals surface area contributed by atoms with Crippen LogP contribution >= 0.6 is 11.6 Å². The second kappa shape index (κ2) is 13.4. The maximum Gasteiger partial charge on any atom is 0.0426 e. The van der Waals surface area contributed by atoms with Gasteiger partial charge in [0.2, 0.25) is 0 Å². The molecular weight excluding hydrogens is 468 g/mol. The summed E-state index contributed by atoms with van der Waals surface area (Å²) in [5, 5.41) is 4.22. The molecule has 3 heterocycles. The molecule has 0 unspecified atom stereocenters. The summed E-state index contributed by atoms with van der Waals surface area (Å²) in [6.07, 6.45) is 13.1. The normalized spacial score (nSPS) is 15.4. The van der Waals surface area contributed by atoms with Crippen LogP contribution in [0, 0.1) is 0 Å². The van der Waals surface area contributed by atoms with Crippen molar-refractivity contribution in [2.75, 3.05) is 31.9 Å². The van der Waals surface area contributed by atoms with Crippen LogP contribution < -0.4 is 11.1 Å². The minimum atomic E-state index is 0.572. The van der Waals surface area contributed by atoms with E-state index in [0.29, 0.717) is 16.8 Å². The fraction of sp³-hybridized carbons (Fsp3) is 0.379. The van der Waals surface area contributed by atoms with Crippen LogP contribution in [-0.4, -0.2) is 52.0 Å². The third-order valence-electron chi connectivity index (χ3n) is 6.90. The molecule has 1 saturated heterocycles. The van der Waals surface area contributed by atoms with Gasteiger partial charge >= 0.3 is 0 Å². The van der Waals surface area contributed by atoms with Gasteiger partial charge in [0, 0.05) is 72.4 Å². The van der Waals surface area contributed by atoms with Crippen molar-refractivity contribution in [1.29, 1.82) is 0 Å². The molecule has 0 spiro atoms. The minimum absolute atomic E-state index is 0.572. The number of nitrogens with zero attached hydrogens (tertiary/aromatic N) is 4. The number of anilines is 1. The lowest BCUT2D eigenvalue weighted by atomic mass is 10.0. The monoisotopic (exact) mass is 504 g/mol. The molecule has 0 radical (unpaired) electrons. The quantitative estimate of drug-likeness (QED) is 0.275. The summed E-state index contributed by atoms with van der Waals surface area (Å²) in [5.74, 6) is 0. The van der Waals surface area contributed by atoms with E-state index in [-0.39, 0.29) is 0 Å². The summed E-state index contributed by atoms with van der Waals surface area (Å²) in [6.45, 7) is 8.20. The van der Waals surface area contributed by atoms with Crippen molar-refractivity contribution in [3.8, 4) is 0 Å². The Hall–Kier alpha value is -2.93. The first-order valence-electron chi connectivity index (χ1n) is 12.8. The lowest BCUT2D eigenvalue weighted by Crippen LogP contribution is -2.44. The van der Waals surface area contributed by atoms with Gasteiger partial charge in [-0.05, 0) is 99.4 Å². The van der Waals surface area contributed by atoms with Crippen molar-refractivity contribution in [3.05, 3.63) is 95.0 Å². The standard InChI is InChI=1S/C29H37ClN6/c1-2-29(27-5-4-25(30)20-28(27)31)34-12-3-17-35-18-10-26(11-19-35)36(21-23-6-13-32-14-7-23)22-24-8-15-33-16-9-24/h2,4-9,13-16,20,26,34H,3,10-12,17-19,21-22,31H2,1H3/b29-2+. The molecule has 3 N–H and O–H groups in total. The molecule has 0 bridgehead atoms. The van der Waals surface area contributed by atoms with Crippen molar-refractivity contribution >= 4 is 23.0 Å². The van der Waals surface area contributed by atoms with Gasteiger partial charge in [-0.2, -0.15) is 0 Å². The van der Waals surface area contributed by atoms with Gasteiger partial charge in [-0.1, -0.05) is 17.7 Å². The fourth-order valence-electron chi connectivity index (χ4n) is 4.92. The number of nitrogens with one attached hydrogen (secondary N) is 1. The van der Waals surface area contributed by atoms with Crippen molar-refractivity contribution in [1.82, 2.24) is 25.1 Å². The maximum absolute atomic E-state index is 6.17. The average Bonchev–Trinajstić information content (AvgIpc) is 2.91. The summed E-state index contributed by atoms with van der Waals surface area (Å²) in [4.78, 5) is 13.6. The summed E-state index contributed by atoms with van der Waals surface area (Å²) < 4.78 is 0. The fourth-order valence-corrected chi connectivity index (χ4v) is 5.11. The number of hydrogen-bond acceptors (Lipinski definition) is 6. The number of aromatic nitrogens is 2. The van der Waals surface area contributed by atoms with Gasteiger partial charge < -0.3 is 16.0 Å². The van der Waals surface area contributed by atoms with E-state index >= 15 is 0 Å². The molecule has 1 aliphatic rings. The van der Waals surface area contributed by atoms with E-state index in [1.165, 1.54) is 24.0 Å². The number of benzene rings is 1. The van der Waals surface area contributed by atoms with E-state index < -0.39 is 0 Å². The van der Waals surface area contributed by atoms with Crippen LogP contribution in [0.25, 0.3) is 5.70 Å². The number of likely N-dealkylation sites (tertiary alicyclic amines) is 1. The number of halogens is 1. The largest absolute Gasteiger partial charge is 0.398 e. The van der Waals surface area contributed by atoms with E-state index in [1.54, 1.807) is 6.07 Å². The highest BCUT2D eigenvalue weighted by molar-refractivity contribution is 6.30. The van der Waals surface area contributed by atoms with Gasteiger partial charge in [0.1, 0.15) is 0 Å². The summed E-state index contributed by atoms with van der Waals surface area (Å²) in [7, 11) is 0. The Labute approximate surface area is 220 Å². The van der Waals surface area contributed by atoms with Crippen molar-refractivity contribution in [3.63, 3.8) is 0 Å². The molecule has 0 atom stereocenters. The lowest BCUT2D eigenvalue weighted by molar-refractivity contribution is 0.0961. The van der Waals surface area contributed by atoms with Crippen LogP contribution in [0.15, 0.2) is 73.3 Å². The molecule has 1 aliphatic heterocycles. The first kappa shape index (κ1) is 26.1. The first-order valence-corrected chi connectivity index (χ1v) is 13.2. The van der Waals surface area contributed by atoms with E-state index in [9.17, 15) is 0 Å². The van der Waals surface area contributed by atoms with Crippen LogP contribution in [0.2, 0.25) is 5.02 Å². The van der Waals surface area contributed by atoms with Gasteiger partial charge in [0.25, 0.3) is 0 Å². The maximum atomic E-state index is 6.17. The highest BCUT2D eigenvalue weighted by Crippen LogP contribution is 2.24. The molecule has 0 saturated carbocycles. The second-order valence-corrected chi connectivity index (χ2v) is 9.84. The molecule has 7 heteroatoms. The zero-order chi connectivity index (χ0) is 25.2. The van der Waals surface area contributed by atoms with Gasteiger partial charge in [-0.15, -0.1) is 0 Å². The molecule has 4 rings (SSSR count). The molecule has 3 aromatic rings. The number of nitrogens with two attached hydrogens (primary N) is 1. The van der Waals surface area contributed by atoms with Gasteiger partial charge in [0.15, 0.2) is 0 Å². The van der Waals surface area contributed by atoms with E-state index in [4.69, 9.17) is 17.3 Å². The Morgan fingerprint density at radius 2 is 1.64 bits per heavy atom. The molecule has 6 nitrogen and oxygen atoms in total. The number of pyridine rings is 2. The SMILES string of the molecule is C/C=C(/NCCCN1CCC(N(Cc2ccncc2)Cc2ccncc2)CC1)c1ccc(Cl)cc1N. The Morgan fingerprint density at radius 3 is 2.19 bits per heavy atom. The highest BCUT2D eigenvalue weighted by Gasteiger charge is 2.24. The third kappa shape index (κ3) is 7.53. The van der Waals surface area contributed by atoms with Crippen LogP contribution in [0.1, 0.15) is 42.9 Å². The van der Waals surface area contributed by atoms with E-state index in [0.717, 1.165) is 56.9 Å². The Balaban J connectivity index is 1.25. The summed E-state index contributed by atoms with van der Waals surface area (Å²) in [5.41, 5.74) is 11.6. The summed E-state index contributed by atoms with van der Waals surface area (Å²) >= 11 is 6.05. The number of nitrogen functional groups attached to an aromatic ring is 1. The van der Waals surface area contributed by atoms with Crippen molar-refractivity contribution in [2.24, 2.45) is 0 Å². The van der Waals surface area contributed by atoms with E-state index in [1.807, 2.05) is 43.8 Å². The average molecular weight is 505 g/mol. The van der Waals surface area contributed by atoms with E-state index in [2.05, 4.69) is 55.4 Å². The number of rotatable bonds is 11. The molecule has 0 amide bonds. The van der Waals surface area contributed by atoms with Gasteiger partial charge in [-0.25, -0.2) is 0 Å². The van der Waals surface area contributed by atoms with Crippen LogP contribution in [0.3, 0.4) is 0 Å². The Morgan fingerprint density at radius 1 is 1.03 bits per heavy atom. The zero-order valence-corrected chi connectivity index (χ0v) is 21.9. The topological polar surface area (TPSA) is 70.3 Å². The molecule has 36 heavy (non-hydrogen) atoms. The smallest absolute Gasteiger partial charge is 0.0426 e. The van der Waals surface area contributed by atoms with Crippen LogP contribution in [0.5, 0.6) is 0 Å². The molecule has 1 aromatic carbocycles. The lowest BCUT2D eigenvalue weighted by Gasteiger charge is -2.39. The minimum Gasteiger partial charge on any atom is -0.398 e. The number of piperidine rings is 1. The highest BCUT2D eigenvalue weighted by atomic mass is 35.5. The Kier molecular flexibility index (Phi) is 9.73. The van der Waals surface area contributed by atoms with Gasteiger partial charge in [-0.3, -0.25) is 14.9 Å². The van der Waals surface area contributed by atoms with Crippen molar-refractivity contribution < 1.29 is 0 Å². The molecule has 190 valence electrons. The van der Waals surface area contributed by atoms with Crippen LogP contribution in [0.4, 0.5) is 5.69 Å². The Bertz CT molecular complexity index is 1060. The molecular formula is C29H37ClN6. The number of hydrogen-bond donors (Lipinski definition) is 2. The molecule has 2 aromatic heterocycles.